The van der Waals surface area contributed by atoms with Crippen molar-refractivity contribution in [2.24, 2.45) is 0 Å². The number of carbonyl (C=O) groups excluding carboxylic acids is 1. The minimum Gasteiger partial charge on any atom is -0.519 e. The van der Waals surface area contributed by atoms with Crippen LogP contribution in [0.2, 0.25) is 18.1 Å². The largest absolute Gasteiger partial charge is 0.519 e. The number of benzene rings is 1. The standard InChI is InChI=1S/C19H28O3Si/c1-19(2,3)23(4,5)22-18(20)14-16-12-9-13-17(21-16)15-10-7-6-8-11-15/h6-12,16-17H,13-14H2,1-5H3/t16-,17+/m0/s1. The molecule has 0 saturated heterocycles. The van der Waals surface area contributed by atoms with Crippen LogP contribution in [-0.2, 0) is 14.0 Å². The molecular weight excluding hydrogens is 304 g/mol. The van der Waals surface area contributed by atoms with Crippen molar-refractivity contribution < 1.29 is 14.0 Å². The van der Waals surface area contributed by atoms with Crippen molar-refractivity contribution in [3.05, 3.63) is 48.0 Å². The third kappa shape index (κ3) is 4.79. The summed E-state index contributed by atoms with van der Waals surface area (Å²) in [5.41, 5.74) is 1.15. The van der Waals surface area contributed by atoms with Crippen LogP contribution < -0.4 is 0 Å². The summed E-state index contributed by atoms with van der Waals surface area (Å²) in [4.78, 5) is 12.3. The Morgan fingerprint density at radius 3 is 2.52 bits per heavy atom. The van der Waals surface area contributed by atoms with Gasteiger partial charge in [0, 0.05) is 0 Å². The van der Waals surface area contributed by atoms with Crippen LogP contribution in [0.3, 0.4) is 0 Å². The molecule has 0 saturated carbocycles. The van der Waals surface area contributed by atoms with Crippen LogP contribution in [0.1, 0.15) is 45.3 Å². The predicted molar refractivity (Wildman–Crippen MR) is 95.7 cm³/mol. The van der Waals surface area contributed by atoms with E-state index in [0.717, 1.165) is 12.0 Å². The van der Waals surface area contributed by atoms with E-state index in [1.165, 1.54) is 0 Å². The number of carbonyl (C=O) groups is 1. The summed E-state index contributed by atoms with van der Waals surface area (Å²) in [6, 6.07) is 10.1. The summed E-state index contributed by atoms with van der Waals surface area (Å²) in [6.07, 6.45) is 5.03. The average molecular weight is 333 g/mol. The Balaban J connectivity index is 1.94. The summed E-state index contributed by atoms with van der Waals surface area (Å²) in [7, 11) is -2.06. The van der Waals surface area contributed by atoms with E-state index >= 15 is 0 Å². The number of hydrogen-bond acceptors (Lipinski definition) is 3. The van der Waals surface area contributed by atoms with Gasteiger partial charge in [-0.3, -0.25) is 4.79 Å². The van der Waals surface area contributed by atoms with Gasteiger partial charge in [0.1, 0.15) is 0 Å². The van der Waals surface area contributed by atoms with Gasteiger partial charge in [-0.1, -0.05) is 63.3 Å². The first kappa shape index (κ1) is 18.0. The molecule has 2 rings (SSSR count). The van der Waals surface area contributed by atoms with E-state index in [0.29, 0.717) is 0 Å². The molecule has 4 heteroatoms. The van der Waals surface area contributed by atoms with Crippen LogP contribution >= 0.6 is 0 Å². The minimum atomic E-state index is -2.06. The van der Waals surface area contributed by atoms with Crippen molar-refractivity contribution in [3.8, 4) is 0 Å². The zero-order chi connectivity index (χ0) is 17.1. The van der Waals surface area contributed by atoms with Crippen LogP contribution in [0.25, 0.3) is 0 Å². The Labute approximate surface area is 140 Å². The van der Waals surface area contributed by atoms with Gasteiger partial charge in [-0.25, -0.2) is 0 Å². The van der Waals surface area contributed by atoms with E-state index in [9.17, 15) is 4.79 Å². The maximum Gasteiger partial charge on any atom is 0.295 e. The summed E-state index contributed by atoms with van der Waals surface area (Å²) < 4.78 is 11.9. The highest BCUT2D eigenvalue weighted by atomic mass is 28.4. The van der Waals surface area contributed by atoms with E-state index in [1.807, 2.05) is 24.3 Å². The Hall–Kier alpha value is -1.39. The fraction of sp³-hybridized carbons (Fsp3) is 0.526. The highest BCUT2D eigenvalue weighted by Gasteiger charge is 2.40. The quantitative estimate of drug-likeness (QED) is 0.574. The maximum absolute atomic E-state index is 12.3. The smallest absolute Gasteiger partial charge is 0.295 e. The molecule has 1 aromatic rings. The zero-order valence-corrected chi connectivity index (χ0v) is 15.8. The van der Waals surface area contributed by atoms with Gasteiger partial charge in [0.2, 0.25) is 0 Å². The number of ether oxygens (including phenoxy) is 1. The van der Waals surface area contributed by atoms with E-state index < -0.39 is 8.32 Å². The molecule has 0 fully saturated rings. The molecule has 0 N–H and O–H groups in total. The molecule has 0 bridgehead atoms. The fourth-order valence-corrected chi connectivity index (χ4v) is 3.27. The molecule has 23 heavy (non-hydrogen) atoms. The fourth-order valence-electron chi connectivity index (χ4n) is 2.31. The molecule has 0 spiro atoms. The Kier molecular flexibility index (Phi) is 5.47. The second-order valence-corrected chi connectivity index (χ2v) is 12.4. The first-order chi connectivity index (χ1) is 10.7. The van der Waals surface area contributed by atoms with Crippen molar-refractivity contribution in [1.29, 1.82) is 0 Å². The second-order valence-electron chi connectivity index (χ2n) is 7.68. The van der Waals surface area contributed by atoms with Crippen molar-refractivity contribution in [3.63, 3.8) is 0 Å². The van der Waals surface area contributed by atoms with Gasteiger partial charge in [0.05, 0.1) is 18.6 Å². The zero-order valence-electron chi connectivity index (χ0n) is 14.8. The van der Waals surface area contributed by atoms with Gasteiger partial charge in [-0.05, 0) is 30.1 Å². The molecule has 0 radical (unpaired) electrons. The molecule has 126 valence electrons. The molecule has 1 aromatic carbocycles. The molecule has 0 amide bonds. The lowest BCUT2D eigenvalue weighted by molar-refractivity contribution is -0.139. The number of rotatable bonds is 4. The maximum atomic E-state index is 12.3. The lowest BCUT2D eigenvalue weighted by Gasteiger charge is -2.36. The summed E-state index contributed by atoms with van der Waals surface area (Å²) in [6.45, 7) is 10.6. The second kappa shape index (κ2) is 7.01. The summed E-state index contributed by atoms with van der Waals surface area (Å²) in [5.74, 6) is -0.153. The van der Waals surface area contributed by atoms with E-state index in [1.54, 1.807) is 0 Å². The highest BCUT2D eigenvalue weighted by Crippen LogP contribution is 2.37. The molecular formula is C19H28O3Si. The Morgan fingerprint density at radius 1 is 1.26 bits per heavy atom. The molecule has 1 heterocycles. The monoisotopic (exact) mass is 332 g/mol. The first-order valence-electron chi connectivity index (χ1n) is 8.28. The third-order valence-electron chi connectivity index (χ3n) is 4.75. The van der Waals surface area contributed by atoms with E-state index in [4.69, 9.17) is 9.16 Å². The normalized spacial score (nSPS) is 22.0. The van der Waals surface area contributed by atoms with Gasteiger partial charge >= 0.3 is 0 Å². The van der Waals surface area contributed by atoms with Crippen LogP contribution in [0.4, 0.5) is 0 Å². The molecule has 0 unspecified atom stereocenters. The molecule has 2 atom stereocenters. The Bertz CT molecular complexity index is 558. The van der Waals surface area contributed by atoms with Crippen molar-refractivity contribution in [2.75, 3.05) is 0 Å². The van der Waals surface area contributed by atoms with E-state index in [-0.39, 0.29) is 29.6 Å². The Morgan fingerprint density at radius 2 is 1.91 bits per heavy atom. The third-order valence-corrected chi connectivity index (χ3v) is 9.10. The van der Waals surface area contributed by atoms with E-state index in [2.05, 4.69) is 52.1 Å². The van der Waals surface area contributed by atoms with Gasteiger partial charge in [-0.2, -0.15) is 0 Å². The van der Waals surface area contributed by atoms with Crippen LogP contribution in [-0.4, -0.2) is 20.4 Å². The molecule has 0 aromatic heterocycles. The number of hydrogen-bond donors (Lipinski definition) is 0. The van der Waals surface area contributed by atoms with Crippen molar-refractivity contribution in [2.45, 2.75) is 64.0 Å². The van der Waals surface area contributed by atoms with Crippen LogP contribution in [0.15, 0.2) is 42.5 Å². The molecule has 1 aliphatic rings. The minimum absolute atomic E-state index is 0.0203. The lowest BCUT2D eigenvalue weighted by Crippen LogP contribution is -2.43. The lowest BCUT2D eigenvalue weighted by atomic mass is 10.0. The van der Waals surface area contributed by atoms with Crippen molar-refractivity contribution in [1.82, 2.24) is 0 Å². The van der Waals surface area contributed by atoms with Gasteiger partial charge in [0.25, 0.3) is 14.3 Å². The summed E-state index contributed by atoms with van der Waals surface area (Å²) in [5, 5.41) is 0.0263. The van der Waals surface area contributed by atoms with Gasteiger partial charge in [-0.15, -0.1) is 0 Å². The van der Waals surface area contributed by atoms with Crippen LogP contribution in [0.5, 0.6) is 0 Å². The summed E-state index contributed by atoms with van der Waals surface area (Å²) >= 11 is 0. The highest BCUT2D eigenvalue weighted by molar-refractivity contribution is 6.75. The van der Waals surface area contributed by atoms with Gasteiger partial charge < -0.3 is 9.16 Å². The molecule has 3 nitrogen and oxygen atoms in total. The first-order valence-corrected chi connectivity index (χ1v) is 11.2. The van der Waals surface area contributed by atoms with Crippen molar-refractivity contribution >= 4 is 14.3 Å². The topological polar surface area (TPSA) is 35.5 Å². The molecule has 1 aliphatic heterocycles. The average Bonchev–Trinajstić information content (AvgIpc) is 2.46. The molecule has 0 aliphatic carbocycles. The SMILES string of the molecule is CC(C)(C)[Si](C)(C)OC(=O)C[C@@H]1C=CC[C@H](c2ccccc2)O1. The van der Waals surface area contributed by atoms with Gasteiger partial charge in [0.15, 0.2) is 0 Å². The van der Waals surface area contributed by atoms with Crippen LogP contribution in [0, 0.1) is 0 Å². The predicted octanol–water partition coefficient (Wildman–Crippen LogP) is 5.01.